The highest BCUT2D eigenvalue weighted by molar-refractivity contribution is 6.30. The lowest BCUT2D eigenvalue weighted by atomic mass is 10.1. The topological polar surface area (TPSA) is 77.8 Å². The molecule has 140 valence electrons. The quantitative estimate of drug-likeness (QED) is 0.556. The lowest BCUT2D eigenvalue weighted by molar-refractivity contribution is 0.414. The van der Waals surface area contributed by atoms with E-state index < -0.39 is 0 Å². The van der Waals surface area contributed by atoms with Gasteiger partial charge in [-0.05, 0) is 48.4 Å². The summed E-state index contributed by atoms with van der Waals surface area (Å²) in [6.07, 6.45) is 2.73. The molecule has 0 amide bonds. The molecule has 0 spiro atoms. The summed E-state index contributed by atoms with van der Waals surface area (Å²) in [5.74, 6) is 1.80. The first-order chi connectivity index (χ1) is 13.7. The van der Waals surface area contributed by atoms with Gasteiger partial charge in [0.2, 0.25) is 5.95 Å². The van der Waals surface area contributed by atoms with Gasteiger partial charge in [0.15, 0.2) is 11.2 Å². The molecular formula is C20H17ClN6O. The molecule has 2 aromatic heterocycles. The van der Waals surface area contributed by atoms with Gasteiger partial charge in [-0.25, -0.2) is 4.98 Å². The number of rotatable bonds is 5. The van der Waals surface area contributed by atoms with Crippen molar-refractivity contribution in [3.63, 3.8) is 0 Å². The van der Waals surface area contributed by atoms with Crippen molar-refractivity contribution >= 4 is 28.7 Å². The third kappa shape index (κ3) is 3.14. The Morgan fingerprint density at radius 2 is 1.89 bits per heavy atom. The minimum absolute atomic E-state index is 0.309. The highest BCUT2D eigenvalue weighted by Crippen LogP contribution is 2.42. The number of aromatic nitrogens is 5. The summed E-state index contributed by atoms with van der Waals surface area (Å²) in [6.45, 7) is 0. The van der Waals surface area contributed by atoms with E-state index in [4.69, 9.17) is 16.3 Å². The van der Waals surface area contributed by atoms with E-state index in [-0.39, 0.29) is 0 Å². The predicted octanol–water partition coefficient (Wildman–Crippen LogP) is 3.84. The normalized spacial score (nSPS) is 18.2. The number of halogens is 1. The van der Waals surface area contributed by atoms with Crippen molar-refractivity contribution in [2.75, 3.05) is 12.4 Å². The summed E-state index contributed by atoms with van der Waals surface area (Å²) in [5.41, 5.74) is 3.43. The first-order valence-electron chi connectivity index (χ1n) is 8.96. The molecule has 1 N–H and O–H groups in total. The average molecular weight is 393 g/mol. The second-order valence-electron chi connectivity index (χ2n) is 6.75. The van der Waals surface area contributed by atoms with Crippen LogP contribution in [0, 0.1) is 0 Å². The van der Waals surface area contributed by atoms with Gasteiger partial charge in [-0.1, -0.05) is 28.9 Å². The fourth-order valence-corrected chi connectivity index (χ4v) is 3.42. The summed E-state index contributed by atoms with van der Waals surface area (Å²) < 4.78 is 6.91. The van der Waals surface area contributed by atoms with Crippen molar-refractivity contribution in [3.05, 3.63) is 65.3 Å². The van der Waals surface area contributed by atoms with E-state index in [2.05, 4.69) is 37.7 Å². The van der Waals surface area contributed by atoms with E-state index in [1.807, 2.05) is 36.4 Å². The number of benzene rings is 2. The maximum Gasteiger partial charge on any atom is 0.225 e. The molecule has 8 heteroatoms. The molecule has 2 atom stereocenters. The molecule has 1 aliphatic rings. The van der Waals surface area contributed by atoms with Crippen molar-refractivity contribution in [2.45, 2.75) is 18.4 Å². The number of methoxy groups -OCH3 is 1. The van der Waals surface area contributed by atoms with Crippen molar-refractivity contribution in [1.82, 2.24) is 25.0 Å². The first-order valence-corrected chi connectivity index (χ1v) is 9.34. The van der Waals surface area contributed by atoms with Crippen molar-refractivity contribution in [2.24, 2.45) is 0 Å². The molecule has 2 heterocycles. The number of ether oxygens (including phenoxy) is 1. The molecule has 2 aromatic carbocycles. The van der Waals surface area contributed by atoms with Gasteiger partial charge in [-0.3, -0.25) is 0 Å². The summed E-state index contributed by atoms with van der Waals surface area (Å²) in [5, 5.41) is 12.5. The van der Waals surface area contributed by atoms with Crippen LogP contribution in [0.3, 0.4) is 0 Å². The van der Waals surface area contributed by atoms with Gasteiger partial charge in [0.1, 0.15) is 5.75 Å². The Labute approximate surface area is 166 Å². The third-order valence-corrected chi connectivity index (χ3v) is 5.16. The zero-order valence-corrected chi connectivity index (χ0v) is 15.8. The molecule has 4 aromatic rings. The number of anilines is 1. The fraction of sp³-hybridized carbons (Fsp3) is 0.200. The van der Waals surface area contributed by atoms with Gasteiger partial charge >= 0.3 is 0 Å². The highest BCUT2D eigenvalue weighted by Gasteiger charge is 2.38. The molecule has 7 nitrogen and oxygen atoms in total. The molecule has 0 saturated heterocycles. The molecule has 5 rings (SSSR count). The Hall–Kier alpha value is -3.19. The van der Waals surface area contributed by atoms with E-state index in [1.165, 1.54) is 5.56 Å². The Kier molecular flexibility index (Phi) is 4.09. The predicted molar refractivity (Wildman–Crippen MR) is 107 cm³/mol. The lowest BCUT2D eigenvalue weighted by Gasteiger charge is -2.06. The van der Waals surface area contributed by atoms with Gasteiger partial charge in [0, 0.05) is 17.0 Å². The van der Waals surface area contributed by atoms with Crippen LogP contribution in [0.15, 0.2) is 54.7 Å². The standard InChI is InChI=1S/C20H17ClN6O/c1-28-15-8-6-14(7-9-15)27-19-18(25-26-27)11-22-20(24-19)23-17-10-16(17)12-2-4-13(21)5-3-12/h2-9,11,16-17H,10H2,1H3,(H,22,23,24)/t16?,17-/m1/s1. The minimum Gasteiger partial charge on any atom is -0.497 e. The number of fused-ring (bicyclic) bond motifs is 1. The zero-order chi connectivity index (χ0) is 19.1. The number of hydrogen-bond acceptors (Lipinski definition) is 6. The molecule has 1 saturated carbocycles. The first kappa shape index (κ1) is 16.9. The largest absolute Gasteiger partial charge is 0.497 e. The van der Waals surface area contributed by atoms with Crippen LogP contribution in [-0.4, -0.2) is 38.1 Å². The molecule has 1 fully saturated rings. The average Bonchev–Trinajstić information content (AvgIpc) is 3.36. The number of nitrogens with one attached hydrogen (secondary N) is 1. The van der Waals surface area contributed by atoms with E-state index in [9.17, 15) is 0 Å². The summed E-state index contributed by atoms with van der Waals surface area (Å²) >= 11 is 5.97. The molecular weight excluding hydrogens is 376 g/mol. The van der Waals surface area contributed by atoms with Crippen LogP contribution in [0.5, 0.6) is 5.75 Å². The highest BCUT2D eigenvalue weighted by atomic mass is 35.5. The molecule has 0 radical (unpaired) electrons. The van der Waals surface area contributed by atoms with Gasteiger partial charge in [0.05, 0.1) is 19.0 Å². The SMILES string of the molecule is COc1ccc(-n2nnc3cnc(N[C@@H]4CC4c4ccc(Cl)cc4)nc32)cc1. The van der Waals surface area contributed by atoms with Crippen LogP contribution >= 0.6 is 11.6 Å². The molecule has 1 unspecified atom stereocenters. The Balaban J connectivity index is 1.38. The number of hydrogen-bond donors (Lipinski definition) is 1. The summed E-state index contributed by atoms with van der Waals surface area (Å²) in [6, 6.07) is 15.9. The smallest absolute Gasteiger partial charge is 0.225 e. The van der Waals surface area contributed by atoms with Crippen LogP contribution in [0.2, 0.25) is 5.02 Å². The second kappa shape index (κ2) is 6.76. The monoisotopic (exact) mass is 392 g/mol. The zero-order valence-electron chi connectivity index (χ0n) is 15.1. The third-order valence-electron chi connectivity index (χ3n) is 4.91. The fourth-order valence-electron chi connectivity index (χ4n) is 3.29. The number of nitrogens with zero attached hydrogens (tertiary/aromatic N) is 5. The second-order valence-corrected chi connectivity index (χ2v) is 7.18. The van der Waals surface area contributed by atoms with Gasteiger partial charge < -0.3 is 10.1 Å². The van der Waals surface area contributed by atoms with Crippen molar-refractivity contribution < 1.29 is 4.74 Å². The van der Waals surface area contributed by atoms with Crippen molar-refractivity contribution in [3.8, 4) is 11.4 Å². The van der Waals surface area contributed by atoms with E-state index in [1.54, 1.807) is 18.0 Å². The summed E-state index contributed by atoms with van der Waals surface area (Å²) in [4.78, 5) is 9.02. The minimum atomic E-state index is 0.309. The van der Waals surface area contributed by atoms with Crippen LogP contribution in [0.25, 0.3) is 16.9 Å². The molecule has 28 heavy (non-hydrogen) atoms. The molecule has 1 aliphatic carbocycles. The Morgan fingerprint density at radius 3 is 2.64 bits per heavy atom. The van der Waals surface area contributed by atoms with E-state index in [0.717, 1.165) is 22.9 Å². The van der Waals surface area contributed by atoms with Crippen LogP contribution < -0.4 is 10.1 Å². The molecule has 0 aliphatic heterocycles. The van der Waals surface area contributed by atoms with Gasteiger partial charge in [-0.15, -0.1) is 5.10 Å². The Bertz CT molecular complexity index is 1130. The maximum atomic E-state index is 5.97. The Morgan fingerprint density at radius 1 is 1.11 bits per heavy atom. The van der Waals surface area contributed by atoms with Crippen LogP contribution in [0.4, 0.5) is 5.95 Å². The van der Waals surface area contributed by atoms with Gasteiger partial charge in [0.25, 0.3) is 0 Å². The van der Waals surface area contributed by atoms with Crippen molar-refractivity contribution in [1.29, 1.82) is 0 Å². The van der Waals surface area contributed by atoms with E-state index >= 15 is 0 Å². The lowest BCUT2D eigenvalue weighted by Crippen LogP contribution is -2.08. The van der Waals surface area contributed by atoms with Crippen LogP contribution in [0.1, 0.15) is 17.9 Å². The maximum absolute atomic E-state index is 5.97. The van der Waals surface area contributed by atoms with Crippen LogP contribution in [-0.2, 0) is 0 Å². The molecule has 0 bridgehead atoms. The summed E-state index contributed by atoms with van der Waals surface area (Å²) in [7, 11) is 1.64. The van der Waals surface area contributed by atoms with Gasteiger partial charge in [-0.2, -0.15) is 9.67 Å². The van der Waals surface area contributed by atoms with E-state index in [0.29, 0.717) is 29.1 Å².